The molecular weight excluding hydrogens is 259 g/mol. The van der Waals surface area contributed by atoms with Crippen LogP contribution >= 0.6 is 0 Å². The molecule has 0 fully saturated rings. The average molecular weight is 276 g/mol. The van der Waals surface area contributed by atoms with Gasteiger partial charge in [-0.25, -0.2) is 9.37 Å². The van der Waals surface area contributed by atoms with Crippen molar-refractivity contribution in [3.05, 3.63) is 48.3 Å². The molecule has 20 heavy (non-hydrogen) atoms. The number of anilines is 1. The molecule has 6 heteroatoms. The Balaban J connectivity index is 1.92. The number of aromatic amines is 1. The summed E-state index contributed by atoms with van der Waals surface area (Å²) in [6.45, 7) is 2.35. The molecule has 1 aromatic heterocycles. The SMILES string of the molecule is C[C@H](C(=O)Nc1ccc(F)cc1)N(C)Cc1ncc[nH]1. The van der Waals surface area contributed by atoms with Gasteiger partial charge >= 0.3 is 0 Å². The third-order valence-electron chi connectivity index (χ3n) is 3.11. The maximum atomic E-state index is 12.8. The highest BCUT2D eigenvalue weighted by Gasteiger charge is 2.18. The van der Waals surface area contributed by atoms with E-state index in [1.54, 1.807) is 12.4 Å². The monoisotopic (exact) mass is 276 g/mol. The van der Waals surface area contributed by atoms with Gasteiger partial charge < -0.3 is 10.3 Å². The maximum Gasteiger partial charge on any atom is 0.241 e. The van der Waals surface area contributed by atoms with Gasteiger partial charge in [0.1, 0.15) is 11.6 Å². The molecule has 0 aliphatic rings. The molecule has 0 unspecified atom stereocenters. The average Bonchev–Trinajstić information content (AvgIpc) is 2.93. The van der Waals surface area contributed by atoms with Crippen LogP contribution in [-0.2, 0) is 11.3 Å². The van der Waals surface area contributed by atoms with Crippen molar-refractivity contribution in [2.45, 2.75) is 19.5 Å². The summed E-state index contributed by atoms with van der Waals surface area (Å²) in [6, 6.07) is 5.36. The summed E-state index contributed by atoms with van der Waals surface area (Å²) < 4.78 is 12.8. The first-order valence-electron chi connectivity index (χ1n) is 6.31. The summed E-state index contributed by atoms with van der Waals surface area (Å²) in [4.78, 5) is 21.1. The van der Waals surface area contributed by atoms with Crippen LogP contribution in [0.15, 0.2) is 36.7 Å². The smallest absolute Gasteiger partial charge is 0.241 e. The fourth-order valence-electron chi connectivity index (χ4n) is 1.74. The van der Waals surface area contributed by atoms with Crippen molar-refractivity contribution in [1.29, 1.82) is 0 Å². The lowest BCUT2D eigenvalue weighted by molar-refractivity contribution is -0.120. The molecule has 0 saturated carbocycles. The van der Waals surface area contributed by atoms with Crippen LogP contribution in [0.1, 0.15) is 12.7 Å². The van der Waals surface area contributed by atoms with E-state index in [0.29, 0.717) is 12.2 Å². The minimum Gasteiger partial charge on any atom is -0.348 e. The molecular formula is C14H17FN4O. The van der Waals surface area contributed by atoms with E-state index in [1.165, 1.54) is 24.3 Å². The number of imidazole rings is 1. The van der Waals surface area contributed by atoms with Crippen molar-refractivity contribution in [3.8, 4) is 0 Å². The van der Waals surface area contributed by atoms with Gasteiger partial charge in [-0.1, -0.05) is 0 Å². The molecule has 1 heterocycles. The molecule has 1 amide bonds. The van der Waals surface area contributed by atoms with Crippen LogP contribution < -0.4 is 5.32 Å². The zero-order valence-electron chi connectivity index (χ0n) is 11.4. The number of benzene rings is 1. The van der Waals surface area contributed by atoms with Crippen LogP contribution in [0, 0.1) is 5.82 Å². The first-order chi connectivity index (χ1) is 9.56. The molecule has 2 rings (SSSR count). The van der Waals surface area contributed by atoms with Gasteiger partial charge in [0.15, 0.2) is 0 Å². The molecule has 5 nitrogen and oxygen atoms in total. The van der Waals surface area contributed by atoms with Crippen LogP contribution in [0.2, 0.25) is 0 Å². The van der Waals surface area contributed by atoms with Gasteiger partial charge in [-0.3, -0.25) is 9.69 Å². The highest BCUT2D eigenvalue weighted by molar-refractivity contribution is 5.94. The Morgan fingerprint density at radius 1 is 1.45 bits per heavy atom. The van der Waals surface area contributed by atoms with E-state index in [4.69, 9.17) is 0 Å². The van der Waals surface area contributed by atoms with Crippen LogP contribution in [-0.4, -0.2) is 33.9 Å². The Morgan fingerprint density at radius 3 is 2.75 bits per heavy atom. The fourth-order valence-corrected chi connectivity index (χ4v) is 1.74. The van der Waals surface area contributed by atoms with Gasteiger partial charge in [0.2, 0.25) is 5.91 Å². The summed E-state index contributed by atoms with van der Waals surface area (Å²) in [7, 11) is 1.84. The number of nitrogens with one attached hydrogen (secondary N) is 2. The lowest BCUT2D eigenvalue weighted by Gasteiger charge is -2.22. The maximum absolute atomic E-state index is 12.8. The number of hydrogen-bond acceptors (Lipinski definition) is 3. The predicted octanol–water partition coefficient (Wildman–Crippen LogP) is 2.01. The number of carbonyl (C=O) groups excluding carboxylic acids is 1. The van der Waals surface area contributed by atoms with Gasteiger partial charge in [-0.15, -0.1) is 0 Å². The third kappa shape index (κ3) is 3.64. The fraction of sp³-hybridized carbons (Fsp3) is 0.286. The standard InChI is InChI=1S/C14H17FN4O/c1-10(19(2)9-13-16-7-8-17-13)14(20)18-12-5-3-11(15)4-6-12/h3-8,10H,9H2,1-2H3,(H,16,17)(H,18,20)/t10-/m1/s1. The van der Waals surface area contributed by atoms with E-state index >= 15 is 0 Å². The number of halogens is 1. The summed E-state index contributed by atoms with van der Waals surface area (Å²) in [5.41, 5.74) is 0.578. The number of carbonyl (C=O) groups is 1. The molecule has 2 N–H and O–H groups in total. The summed E-state index contributed by atoms with van der Waals surface area (Å²) in [6.07, 6.45) is 3.42. The zero-order valence-corrected chi connectivity index (χ0v) is 11.4. The van der Waals surface area contributed by atoms with Gasteiger partial charge in [0.25, 0.3) is 0 Å². The second-order valence-corrected chi connectivity index (χ2v) is 4.62. The number of hydrogen-bond donors (Lipinski definition) is 2. The van der Waals surface area contributed by atoms with Crippen molar-refractivity contribution in [3.63, 3.8) is 0 Å². The Bertz CT molecular complexity index is 553. The Morgan fingerprint density at radius 2 is 2.15 bits per heavy atom. The molecule has 0 spiro atoms. The second-order valence-electron chi connectivity index (χ2n) is 4.62. The van der Waals surface area contributed by atoms with Crippen molar-refractivity contribution >= 4 is 11.6 Å². The molecule has 1 aromatic carbocycles. The predicted molar refractivity (Wildman–Crippen MR) is 74.5 cm³/mol. The summed E-state index contributed by atoms with van der Waals surface area (Å²) in [5.74, 6) is 0.325. The van der Waals surface area contributed by atoms with Gasteiger partial charge in [0, 0.05) is 18.1 Å². The summed E-state index contributed by atoms with van der Waals surface area (Å²) in [5, 5.41) is 2.75. The highest BCUT2D eigenvalue weighted by atomic mass is 19.1. The minimum absolute atomic E-state index is 0.148. The number of rotatable bonds is 5. The van der Waals surface area contributed by atoms with E-state index in [1.807, 2.05) is 18.9 Å². The van der Waals surface area contributed by atoms with Gasteiger partial charge in [0.05, 0.1) is 12.6 Å². The van der Waals surface area contributed by atoms with Crippen LogP contribution in [0.25, 0.3) is 0 Å². The van der Waals surface area contributed by atoms with Crippen LogP contribution in [0.4, 0.5) is 10.1 Å². The number of nitrogens with zero attached hydrogens (tertiary/aromatic N) is 2. The molecule has 0 bridgehead atoms. The largest absolute Gasteiger partial charge is 0.348 e. The number of likely N-dealkylation sites (N-methyl/N-ethyl adjacent to an activating group) is 1. The van der Waals surface area contributed by atoms with E-state index < -0.39 is 0 Å². The lowest BCUT2D eigenvalue weighted by Crippen LogP contribution is -2.39. The molecule has 0 aliphatic carbocycles. The van der Waals surface area contributed by atoms with Gasteiger partial charge in [-0.2, -0.15) is 0 Å². The summed E-state index contributed by atoms with van der Waals surface area (Å²) >= 11 is 0. The quantitative estimate of drug-likeness (QED) is 0.878. The zero-order chi connectivity index (χ0) is 14.5. The van der Waals surface area contributed by atoms with Crippen molar-refractivity contribution in [2.75, 3.05) is 12.4 Å². The molecule has 0 saturated heterocycles. The first-order valence-corrected chi connectivity index (χ1v) is 6.31. The number of H-pyrrole nitrogens is 1. The van der Waals surface area contributed by atoms with Crippen LogP contribution in [0.5, 0.6) is 0 Å². The minimum atomic E-state index is -0.329. The van der Waals surface area contributed by atoms with E-state index in [9.17, 15) is 9.18 Å². The van der Waals surface area contributed by atoms with E-state index in [2.05, 4.69) is 15.3 Å². The first kappa shape index (κ1) is 14.2. The highest BCUT2D eigenvalue weighted by Crippen LogP contribution is 2.10. The number of aromatic nitrogens is 2. The third-order valence-corrected chi connectivity index (χ3v) is 3.11. The second kappa shape index (κ2) is 6.29. The molecule has 2 aromatic rings. The van der Waals surface area contributed by atoms with Crippen LogP contribution in [0.3, 0.4) is 0 Å². The Labute approximate surface area is 116 Å². The lowest BCUT2D eigenvalue weighted by atomic mass is 10.2. The Kier molecular flexibility index (Phi) is 4.47. The molecule has 106 valence electrons. The molecule has 1 atom stereocenters. The number of amides is 1. The Hall–Kier alpha value is -2.21. The molecule has 0 aliphatic heterocycles. The van der Waals surface area contributed by atoms with E-state index in [-0.39, 0.29) is 17.8 Å². The van der Waals surface area contributed by atoms with Crippen molar-refractivity contribution in [2.24, 2.45) is 0 Å². The topological polar surface area (TPSA) is 61.0 Å². The van der Waals surface area contributed by atoms with Crippen molar-refractivity contribution < 1.29 is 9.18 Å². The van der Waals surface area contributed by atoms with Gasteiger partial charge in [-0.05, 0) is 38.2 Å². The normalized spacial score (nSPS) is 12.4. The molecule has 0 radical (unpaired) electrons. The van der Waals surface area contributed by atoms with Crippen molar-refractivity contribution in [1.82, 2.24) is 14.9 Å². The van der Waals surface area contributed by atoms with E-state index in [0.717, 1.165) is 5.82 Å².